The van der Waals surface area contributed by atoms with Gasteiger partial charge in [0.05, 0.1) is 0 Å². The smallest absolute Gasteiger partial charge is 0.133 e. The highest BCUT2D eigenvalue weighted by Crippen LogP contribution is 2.08. The van der Waals surface area contributed by atoms with E-state index in [9.17, 15) is 4.79 Å². The minimum absolute atomic E-state index is 0.379. The van der Waals surface area contributed by atoms with Gasteiger partial charge < -0.3 is 4.57 Å². The van der Waals surface area contributed by atoms with Crippen LogP contribution in [0.25, 0.3) is 0 Å². The zero-order chi connectivity index (χ0) is 12.5. The largest absolute Gasteiger partial charge is 0.338 e. The Hall–Kier alpha value is -1.12. The number of imidazole rings is 1. The Morgan fingerprint density at radius 2 is 2.00 bits per heavy atom. The minimum Gasteiger partial charge on any atom is -0.338 e. The number of ketones is 1. The number of carbonyl (C=O) groups is 1. The fraction of sp³-hybridized carbons (Fsp3) is 0.714. The second-order valence-corrected chi connectivity index (χ2v) is 4.66. The second-order valence-electron chi connectivity index (χ2n) is 4.66. The summed E-state index contributed by atoms with van der Waals surface area (Å²) in [5, 5.41) is 0. The van der Waals surface area contributed by atoms with Crippen molar-refractivity contribution >= 4 is 5.78 Å². The van der Waals surface area contributed by atoms with Crippen LogP contribution < -0.4 is 0 Å². The van der Waals surface area contributed by atoms with Crippen LogP contribution >= 0.6 is 0 Å². The van der Waals surface area contributed by atoms with E-state index in [-0.39, 0.29) is 0 Å². The van der Waals surface area contributed by atoms with Crippen molar-refractivity contribution in [2.75, 3.05) is 0 Å². The number of nitrogens with zero attached hydrogens (tertiary/aromatic N) is 2. The van der Waals surface area contributed by atoms with Crippen molar-refractivity contribution in [2.45, 2.75) is 58.3 Å². The van der Waals surface area contributed by atoms with Crippen LogP contribution in [-0.2, 0) is 18.3 Å². The molecule has 96 valence electrons. The summed E-state index contributed by atoms with van der Waals surface area (Å²) in [7, 11) is 1.97. The van der Waals surface area contributed by atoms with E-state index in [1.54, 1.807) is 6.20 Å². The van der Waals surface area contributed by atoms with E-state index >= 15 is 0 Å². The molecule has 3 heteroatoms. The third-order valence-corrected chi connectivity index (χ3v) is 3.11. The van der Waals surface area contributed by atoms with Crippen LogP contribution in [0.4, 0.5) is 0 Å². The van der Waals surface area contributed by atoms with Gasteiger partial charge in [-0.05, 0) is 6.42 Å². The first-order valence-electron chi connectivity index (χ1n) is 6.72. The first-order valence-corrected chi connectivity index (χ1v) is 6.72. The molecule has 17 heavy (non-hydrogen) atoms. The Bertz CT molecular complexity index is 331. The predicted octanol–water partition coefficient (Wildman–Crippen LogP) is 3.28. The van der Waals surface area contributed by atoms with E-state index in [4.69, 9.17) is 0 Å². The standard InChI is InChI=1S/C14H24N2O/c1-3-4-5-6-7-8-13(17)9-10-14-15-11-12-16(14)2/h11-12H,3-10H2,1-2H3. The molecule has 0 unspecified atom stereocenters. The molecule has 0 N–H and O–H groups in total. The molecule has 0 aromatic carbocycles. The van der Waals surface area contributed by atoms with E-state index in [0.29, 0.717) is 12.2 Å². The minimum atomic E-state index is 0.379. The summed E-state index contributed by atoms with van der Waals surface area (Å²) in [6.07, 6.45) is 11.9. The highest BCUT2D eigenvalue weighted by molar-refractivity contribution is 5.78. The Morgan fingerprint density at radius 3 is 2.65 bits per heavy atom. The maximum absolute atomic E-state index is 11.6. The second kappa shape index (κ2) is 8.04. The third kappa shape index (κ3) is 5.66. The maximum Gasteiger partial charge on any atom is 0.133 e. The van der Waals surface area contributed by atoms with Gasteiger partial charge >= 0.3 is 0 Å². The number of Topliss-reactive ketones (excluding diaryl/α,β-unsaturated/α-hetero) is 1. The first-order chi connectivity index (χ1) is 8.24. The van der Waals surface area contributed by atoms with Crippen LogP contribution in [0.3, 0.4) is 0 Å². The molecule has 0 bridgehead atoms. The Balaban J connectivity index is 2.07. The van der Waals surface area contributed by atoms with Crippen LogP contribution in [0.2, 0.25) is 0 Å². The molecular weight excluding hydrogens is 212 g/mol. The predicted molar refractivity (Wildman–Crippen MR) is 69.9 cm³/mol. The molecule has 0 fully saturated rings. The lowest BCUT2D eigenvalue weighted by Crippen LogP contribution is -2.04. The van der Waals surface area contributed by atoms with Gasteiger partial charge in [-0.25, -0.2) is 4.98 Å². The van der Waals surface area contributed by atoms with E-state index < -0.39 is 0 Å². The third-order valence-electron chi connectivity index (χ3n) is 3.11. The molecule has 0 saturated carbocycles. The van der Waals surface area contributed by atoms with Crippen molar-refractivity contribution in [3.8, 4) is 0 Å². The zero-order valence-corrected chi connectivity index (χ0v) is 11.1. The lowest BCUT2D eigenvalue weighted by Gasteiger charge is -2.02. The molecule has 0 aliphatic rings. The van der Waals surface area contributed by atoms with Gasteiger partial charge in [0.1, 0.15) is 11.6 Å². The number of unbranched alkanes of at least 4 members (excludes halogenated alkanes) is 4. The number of aryl methyl sites for hydroxylation is 2. The van der Waals surface area contributed by atoms with Crippen molar-refractivity contribution in [2.24, 2.45) is 7.05 Å². The number of carbonyl (C=O) groups excluding carboxylic acids is 1. The highest BCUT2D eigenvalue weighted by atomic mass is 16.1. The van der Waals surface area contributed by atoms with Crippen LogP contribution in [0.5, 0.6) is 0 Å². The Kier molecular flexibility index (Phi) is 6.60. The molecule has 0 atom stereocenters. The SMILES string of the molecule is CCCCCCCC(=O)CCc1nccn1C. The number of rotatable bonds is 9. The number of hydrogen-bond acceptors (Lipinski definition) is 2. The van der Waals surface area contributed by atoms with Crippen LogP contribution in [0, 0.1) is 0 Å². The van der Waals surface area contributed by atoms with Gasteiger partial charge in [0.2, 0.25) is 0 Å². The summed E-state index contributed by atoms with van der Waals surface area (Å²) >= 11 is 0. The number of hydrogen-bond donors (Lipinski definition) is 0. The van der Waals surface area contributed by atoms with Gasteiger partial charge in [-0.3, -0.25) is 4.79 Å². The molecule has 1 aromatic heterocycles. The fourth-order valence-electron chi connectivity index (χ4n) is 1.94. The molecule has 0 saturated heterocycles. The van der Waals surface area contributed by atoms with Gasteiger partial charge in [-0.1, -0.05) is 32.6 Å². The van der Waals surface area contributed by atoms with Crippen molar-refractivity contribution in [3.05, 3.63) is 18.2 Å². The maximum atomic E-state index is 11.6. The van der Waals surface area contributed by atoms with Crippen molar-refractivity contribution in [1.82, 2.24) is 9.55 Å². The first kappa shape index (κ1) is 13.9. The molecule has 0 radical (unpaired) electrons. The topological polar surface area (TPSA) is 34.9 Å². The van der Waals surface area contributed by atoms with E-state index in [1.807, 2.05) is 17.8 Å². The summed E-state index contributed by atoms with van der Waals surface area (Å²) in [6.45, 7) is 2.21. The van der Waals surface area contributed by atoms with Crippen molar-refractivity contribution < 1.29 is 4.79 Å². The summed E-state index contributed by atoms with van der Waals surface area (Å²) in [5.41, 5.74) is 0. The normalized spacial score (nSPS) is 10.7. The van der Waals surface area contributed by atoms with Gasteiger partial charge in [-0.15, -0.1) is 0 Å². The Labute approximate surface area is 104 Å². The summed E-state index contributed by atoms with van der Waals surface area (Å²) < 4.78 is 1.98. The van der Waals surface area contributed by atoms with Gasteiger partial charge in [0, 0.05) is 38.7 Å². The Morgan fingerprint density at radius 1 is 1.24 bits per heavy atom. The van der Waals surface area contributed by atoms with Gasteiger partial charge in [0.25, 0.3) is 0 Å². The van der Waals surface area contributed by atoms with Gasteiger partial charge in [0.15, 0.2) is 0 Å². The molecule has 0 aliphatic heterocycles. The quantitative estimate of drug-likeness (QED) is 0.617. The lowest BCUT2D eigenvalue weighted by atomic mass is 10.1. The zero-order valence-electron chi connectivity index (χ0n) is 11.1. The molecule has 1 aromatic rings. The summed E-state index contributed by atoms with van der Waals surface area (Å²) in [5.74, 6) is 1.38. The van der Waals surface area contributed by atoms with Crippen LogP contribution in [0.1, 0.15) is 57.7 Å². The monoisotopic (exact) mass is 236 g/mol. The molecular formula is C14H24N2O. The summed E-state index contributed by atoms with van der Waals surface area (Å²) in [6, 6.07) is 0. The lowest BCUT2D eigenvalue weighted by molar-refractivity contribution is -0.119. The van der Waals surface area contributed by atoms with E-state index in [0.717, 1.165) is 25.1 Å². The highest BCUT2D eigenvalue weighted by Gasteiger charge is 2.05. The van der Waals surface area contributed by atoms with E-state index in [2.05, 4.69) is 11.9 Å². The van der Waals surface area contributed by atoms with E-state index in [1.165, 1.54) is 25.7 Å². The average Bonchev–Trinajstić information content (AvgIpc) is 2.72. The van der Waals surface area contributed by atoms with Crippen molar-refractivity contribution in [1.29, 1.82) is 0 Å². The molecule has 1 heterocycles. The molecule has 0 spiro atoms. The average molecular weight is 236 g/mol. The van der Waals surface area contributed by atoms with Crippen LogP contribution in [0.15, 0.2) is 12.4 Å². The van der Waals surface area contributed by atoms with Crippen molar-refractivity contribution in [3.63, 3.8) is 0 Å². The fourth-order valence-corrected chi connectivity index (χ4v) is 1.94. The molecule has 3 nitrogen and oxygen atoms in total. The molecule has 0 amide bonds. The summed E-state index contributed by atoms with van der Waals surface area (Å²) in [4.78, 5) is 15.9. The molecule has 1 rings (SSSR count). The van der Waals surface area contributed by atoms with Gasteiger partial charge in [-0.2, -0.15) is 0 Å². The van der Waals surface area contributed by atoms with Crippen LogP contribution in [-0.4, -0.2) is 15.3 Å². The number of aromatic nitrogens is 2. The molecule has 0 aliphatic carbocycles.